The Morgan fingerprint density at radius 3 is 2.81 bits per heavy atom. The van der Waals surface area contributed by atoms with Crippen molar-refractivity contribution in [3.63, 3.8) is 0 Å². The van der Waals surface area contributed by atoms with E-state index in [1.807, 2.05) is 0 Å². The number of ketones is 1. The standard InChI is InChI=1S/C18H27N5O4/c24-12-22(27)11-14(9-13-3-1-2-4-13)18(26)23-15(5-6-21-23)16(25)10-17-19-7-8-20-17/h7-8,12-15,21,27H,1-6,9-11H2,(H,19,20)/t14-,15+/m1/s1. The molecular formula is C18H27N5O4. The number of carbonyl (C=O) groups is 3. The SMILES string of the molecule is O=CN(O)C[C@@H](CC1CCCC1)C(=O)N1NCC[C@H]1C(=O)Cc1ncc[nH]1. The van der Waals surface area contributed by atoms with E-state index in [0.29, 0.717) is 42.6 Å². The molecule has 1 aliphatic carbocycles. The summed E-state index contributed by atoms with van der Waals surface area (Å²) in [5, 5.41) is 11.6. The molecule has 1 saturated heterocycles. The van der Waals surface area contributed by atoms with Gasteiger partial charge in [0.25, 0.3) is 0 Å². The number of amides is 2. The molecule has 1 saturated carbocycles. The molecule has 1 aromatic rings. The first-order chi connectivity index (χ1) is 13.1. The molecule has 27 heavy (non-hydrogen) atoms. The number of hydrogen-bond donors (Lipinski definition) is 3. The average molecular weight is 377 g/mol. The molecule has 3 rings (SSSR count). The van der Waals surface area contributed by atoms with E-state index in [1.165, 1.54) is 5.01 Å². The molecule has 2 atom stereocenters. The third-order valence-corrected chi connectivity index (χ3v) is 5.49. The Bertz CT molecular complexity index is 644. The molecule has 9 heteroatoms. The van der Waals surface area contributed by atoms with Crippen LogP contribution in [0.1, 0.15) is 44.3 Å². The minimum atomic E-state index is -0.558. The van der Waals surface area contributed by atoms with Crippen LogP contribution in [0.25, 0.3) is 0 Å². The van der Waals surface area contributed by atoms with E-state index in [9.17, 15) is 19.6 Å². The molecule has 9 nitrogen and oxygen atoms in total. The molecular weight excluding hydrogens is 350 g/mol. The number of aromatic nitrogens is 2. The van der Waals surface area contributed by atoms with Crippen LogP contribution in [0, 0.1) is 11.8 Å². The summed E-state index contributed by atoms with van der Waals surface area (Å²) < 4.78 is 0. The van der Waals surface area contributed by atoms with Crippen molar-refractivity contribution in [2.45, 2.75) is 51.0 Å². The smallest absolute Gasteiger partial charge is 0.242 e. The van der Waals surface area contributed by atoms with Crippen molar-refractivity contribution in [1.82, 2.24) is 25.5 Å². The zero-order valence-electron chi connectivity index (χ0n) is 15.3. The molecule has 2 heterocycles. The maximum Gasteiger partial charge on any atom is 0.242 e. The summed E-state index contributed by atoms with van der Waals surface area (Å²) in [5.41, 5.74) is 3.01. The van der Waals surface area contributed by atoms with Gasteiger partial charge in [0.1, 0.15) is 11.9 Å². The summed E-state index contributed by atoms with van der Waals surface area (Å²) in [5.74, 6) is 0.133. The minimum absolute atomic E-state index is 0.0594. The highest BCUT2D eigenvalue weighted by Crippen LogP contribution is 2.31. The summed E-state index contributed by atoms with van der Waals surface area (Å²) in [6.45, 7) is 0.475. The molecule has 2 amide bonds. The Labute approximate surface area is 158 Å². The molecule has 2 aliphatic rings. The third kappa shape index (κ3) is 4.92. The normalized spacial score (nSPS) is 21.4. The van der Waals surface area contributed by atoms with Crippen LogP contribution >= 0.6 is 0 Å². The largest absolute Gasteiger partial charge is 0.348 e. The summed E-state index contributed by atoms with van der Waals surface area (Å²) in [6.07, 6.45) is 9.26. The van der Waals surface area contributed by atoms with Crippen molar-refractivity contribution in [3.8, 4) is 0 Å². The van der Waals surface area contributed by atoms with Gasteiger partial charge in [0.15, 0.2) is 5.78 Å². The van der Waals surface area contributed by atoms with Crippen LogP contribution in [-0.2, 0) is 20.8 Å². The Kier molecular flexibility index (Phi) is 6.57. The number of Topliss-reactive ketones (excluding diaryl/α,β-unsaturated/α-hetero) is 1. The van der Waals surface area contributed by atoms with Gasteiger partial charge in [-0.25, -0.2) is 15.5 Å². The third-order valence-electron chi connectivity index (χ3n) is 5.49. The van der Waals surface area contributed by atoms with Crippen LogP contribution in [0.3, 0.4) is 0 Å². The Morgan fingerprint density at radius 1 is 1.37 bits per heavy atom. The first-order valence-electron chi connectivity index (χ1n) is 9.57. The topological polar surface area (TPSA) is 119 Å². The van der Waals surface area contributed by atoms with Gasteiger partial charge in [0.2, 0.25) is 12.3 Å². The first kappa shape index (κ1) is 19.5. The maximum atomic E-state index is 13.1. The van der Waals surface area contributed by atoms with E-state index >= 15 is 0 Å². The monoisotopic (exact) mass is 377 g/mol. The van der Waals surface area contributed by atoms with Gasteiger partial charge in [0, 0.05) is 18.9 Å². The van der Waals surface area contributed by atoms with E-state index in [0.717, 1.165) is 25.7 Å². The van der Waals surface area contributed by atoms with Crippen molar-refractivity contribution in [3.05, 3.63) is 18.2 Å². The number of hydrogen-bond acceptors (Lipinski definition) is 6. The second-order valence-electron chi connectivity index (χ2n) is 7.41. The fourth-order valence-corrected chi connectivity index (χ4v) is 4.14. The van der Waals surface area contributed by atoms with Crippen LogP contribution in [0.15, 0.2) is 12.4 Å². The Morgan fingerprint density at radius 2 is 2.15 bits per heavy atom. The van der Waals surface area contributed by atoms with Gasteiger partial charge in [-0.2, -0.15) is 0 Å². The zero-order valence-corrected chi connectivity index (χ0v) is 15.3. The van der Waals surface area contributed by atoms with E-state index in [1.54, 1.807) is 12.4 Å². The number of hydroxylamine groups is 2. The summed E-state index contributed by atoms with van der Waals surface area (Å²) in [4.78, 5) is 43.6. The molecule has 148 valence electrons. The summed E-state index contributed by atoms with van der Waals surface area (Å²) >= 11 is 0. The molecule has 0 radical (unpaired) electrons. The highest BCUT2D eigenvalue weighted by Gasteiger charge is 2.38. The van der Waals surface area contributed by atoms with Crippen molar-refractivity contribution < 1.29 is 19.6 Å². The Balaban J connectivity index is 1.68. The fourth-order valence-electron chi connectivity index (χ4n) is 4.14. The molecule has 0 spiro atoms. The highest BCUT2D eigenvalue weighted by atomic mass is 16.5. The van der Waals surface area contributed by atoms with Crippen LogP contribution in [0.2, 0.25) is 0 Å². The van der Waals surface area contributed by atoms with Gasteiger partial charge in [-0.3, -0.25) is 24.6 Å². The number of carbonyl (C=O) groups excluding carboxylic acids is 3. The van der Waals surface area contributed by atoms with Crippen LogP contribution in [-0.4, -0.2) is 62.5 Å². The van der Waals surface area contributed by atoms with Crippen LogP contribution in [0.5, 0.6) is 0 Å². The predicted octanol–water partition coefficient (Wildman–Crippen LogP) is 0.671. The summed E-state index contributed by atoms with van der Waals surface area (Å²) in [6, 6.07) is -0.558. The lowest BCUT2D eigenvalue weighted by atomic mass is 9.91. The lowest BCUT2D eigenvalue weighted by Crippen LogP contribution is -2.51. The lowest BCUT2D eigenvalue weighted by Gasteiger charge is -2.29. The average Bonchev–Trinajstić information content (AvgIpc) is 3.42. The highest BCUT2D eigenvalue weighted by molar-refractivity contribution is 5.91. The zero-order chi connectivity index (χ0) is 19.2. The number of imidazole rings is 1. The van der Waals surface area contributed by atoms with Crippen molar-refractivity contribution >= 4 is 18.1 Å². The van der Waals surface area contributed by atoms with Crippen molar-refractivity contribution in [1.29, 1.82) is 0 Å². The van der Waals surface area contributed by atoms with Gasteiger partial charge in [-0.15, -0.1) is 0 Å². The van der Waals surface area contributed by atoms with E-state index in [2.05, 4.69) is 15.4 Å². The molecule has 0 unspecified atom stereocenters. The molecule has 0 bridgehead atoms. The number of H-pyrrole nitrogens is 1. The van der Waals surface area contributed by atoms with Gasteiger partial charge < -0.3 is 4.98 Å². The molecule has 2 fully saturated rings. The van der Waals surface area contributed by atoms with Crippen molar-refractivity contribution in [2.24, 2.45) is 11.8 Å². The molecule has 3 N–H and O–H groups in total. The quantitative estimate of drug-likeness (QED) is 0.331. The molecule has 1 aromatic heterocycles. The van der Waals surface area contributed by atoms with E-state index < -0.39 is 12.0 Å². The minimum Gasteiger partial charge on any atom is -0.348 e. The predicted molar refractivity (Wildman–Crippen MR) is 95.2 cm³/mol. The number of rotatable bonds is 9. The van der Waals surface area contributed by atoms with Gasteiger partial charge in [0.05, 0.1) is 18.9 Å². The number of nitrogens with one attached hydrogen (secondary N) is 2. The second-order valence-corrected chi connectivity index (χ2v) is 7.41. The van der Waals surface area contributed by atoms with Gasteiger partial charge >= 0.3 is 0 Å². The number of aromatic amines is 1. The van der Waals surface area contributed by atoms with Crippen LogP contribution in [0.4, 0.5) is 0 Å². The second kappa shape index (κ2) is 9.09. The van der Waals surface area contributed by atoms with Gasteiger partial charge in [-0.05, 0) is 18.8 Å². The first-order valence-corrected chi connectivity index (χ1v) is 9.57. The van der Waals surface area contributed by atoms with E-state index in [-0.39, 0.29) is 24.7 Å². The fraction of sp³-hybridized carbons (Fsp3) is 0.667. The maximum absolute atomic E-state index is 13.1. The van der Waals surface area contributed by atoms with Gasteiger partial charge in [-0.1, -0.05) is 25.7 Å². The van der Waals surface area contributed by atoms with E-state index in [4.69, 9.17) is 0 Å². The number of hydrazine groups is 1. The number of nitrogens with zero attached hydrogens (tertiary/aromatic N) is 3. The van der Waals surface area contributed by atoms with Crippen molar-refractivity contribution in [2.75, 3.05) is 13.1 Å². The Hall–Kier alpha value is -2.26. The summed E-state index contributed by atoms with van der Waals surface area (Å²) in [7, 11) is 0. The molecule has 0 aromatic carbocycles. The lowest BCUT2D eigenvalue weighted by molar-refractivity contribution is -0.159. The molecule has 1 aliphatic heterocycles. The van der Waals surface area contributed by atoms with Crippen LogP contribution < -0.4 is 5.43 Å².